The minimum absolute atomic E-state index is 0.122. The largest absolute Gasteiger partial charge is 0.455 e. The SMILES string of the molecule is O=C1N/C(=N\N=C\c2ccc(-c3ccc(Cl)cc3)o2)SC1Cc1ccc(Cl)c(Cl)c1. The van der Waals surface area contributed by atoms with Gasteiger partial charge in [0.15, 0.2) is 5.17 Å². The Bertz CT molecular complexity index is 1140. The molecule has 0 aliphatic carbocycles. The molecule has 152 valence electrons. The van der Waals surface area contributed by atoms with Gasteiger partial charge in [-0.15, -0.1) is 5.10 Å². The van der Waals surface area contributed by atoms with Gasteiger partial charge in [-0.1, -0.05) is 52.6 Å². The van der Waals surface area contributed by atoms with E-state index in [1.165, 1.54) is 18.0 Å². The predicted molar refractivity (Wildman–Crippen MR) is 124 cm³/mol. The van der Waals surface area contributed by atoms with Gasteiger partial charge >= 0.3 is 0 Å². The Balaban J connectivity index is 1.38. The van der Waals surface area contributed by atoms with Gasteiger partial charge in [-0.2, -0.15) is 5.10 Å². The first-order valence-electron chi connectivity index (χ1n) is 8.86. The Hall–Kier alpha value is -2.25. The maximum absolute atomic E-state index is 12.2. The summed E-state index contributed by atoms with van der Waals surface area (Å²) in [6, 6.07) is 16.3. The molecule has 1 unspecified atom stereocenters. The molecule has 1 aliphatic heterocycles. The van der Waals surface area contributed by atoms with Crippen molar-refractivity contribution in [1.29, 1.82) is 0 Å². The summed E-state index contributed by atoms with van der Waals surface area (Å²) >= 11 is 19.2. The number of furan rings is 1. The van der Waals surface area contributed by atoms with E-state index in [4.69, 9.17) is 39.2 Å². The minimum atomic E-state index is -0.309. The first-order valence-corrected chi connectivity index (χ1v) is 10.9. The lowest BCUT2D eigenvalue weighted by Crippen LogP contribution is -2.25. The van der Waals surface area contributed by atoms with Gasteiger partial charge < -0.3 is 9.73 Å². The summed E-state index contributed by atoms with van der Waals surface area (Å²) in [5, 5.41) is 12.6. The lowest BCUT2D eigenvalue weighted by atomic mass is 10.1. The number of carbonyl (C=O) groups is 1. The van der Waals surface area contributed by atoms with Gasteiger partial charge in [-0.25, -0.2) is 0 Å². The lowest BCUT2D eigenvalue weighted by Gasteiger charge is -2.06. The van der Waals surface area contributed by atoms with Gasteiger partial charge in [0.05, 0.1) is 21.5 Å². The van der Waals surface area contributed by atoms with Crippen LogP contribution < -0.4 is 5.32 Å². The van der Waals surface area contributed by atoms with Gasteiger partial charge in [0, 0.05) is 10.6 Å². The fraction of sp³-hybridized carbons (Fsp3) is 0.0952. The Kier molecular flexibility index (Phi) is 6.49. The van der Waals surface area contributed by atoms with E-state index in [-0.39, 0.29) is 11.2 Å². The van der Waals surface area contributed by atoms with Crippen molar-refractivity contribution in [1.82, 2.24) is 5.32 Å². The molecule has 1 N–H and O–H groups in total. The van der Waals surface area contributed by atoms with Gasteiger partial charge in [-0.3, -0.25) is 4.79 Å². The number of halogens is 3. The zero-order valence-electron chi connectivity index (χ0n) is 15.3. The molecular formula is C21H14Cl3N3O2S. The summed E-state index contributed by atoms with van der Waals surface area (Å²) < 4.78 is 5.74. The Morgan fingerprint density at radius 2 is 1.83 bits per heavy atom. The highest BCUT2D eigenvalue weighted by Crippen LogP contribution is 2.28. The summed E-state index contributed by atoms with van der Waals surface area (Å²) in [5.74, 6) is 1.13. The fourth-order valence-electron chi connectivity index (χ4n) is 2.80. The minimum Gasteiger partial charge on any atom is -0.455 e. The Morgan fingerprint density at radius 3 is 2.60 bits per heavy atom. The summed E-state index contributed by atoms with van der Waals surface area (Å²) in [4.78, 5) is 12.2. The molecule has 5 nitrogen and oxygen atoms in total. The van der Waals surface area contributed by atoms with E-state index >= 15 is 0 Å². The molecule has 0 bridgehead atoms. The molecule has 1 amide bonds. The van der Waals surface area contributed by atoms with Crippen LogP contribution in [0.5, 0.6) is 0 Å². The fourth-order valence-corrected chi connectivity index (χ4v) is 4.21. The standard InChI is InChI=1S/C21H14Cl3N3O2S/c22-14-4-2-13(3-5-14)18-8-6-15(29-18)11-25-27-21-26-20(28)19(30-21)10-12-1-7-16(23)17(24)9-12/h1-9,11,19H,10H2,(H,26,27,28)/b25-11+. The molecule has 9 heteroatoms. The summed E-state index contributed by atoms with van der Waals surface area (Å²) in [5.41, 5.74) is 1.83. The third kappa shape index (κ3) is 5.08. The van der Waals surface area contributed by atoms with E-state index in [2.05, 4.69) is 15.5 Å². The quantitative estimate of drug-likeness (QED) is 0.357. The molecule has 1 atom stereocenters. The van der Waals surface area contributed by atoms with Crippen LogP contribution in [0, 0.1) is 0 Å². The van der Waals surface area contributed by atoms with Crippen LogP contribution in [0.1, 0.15) is 11.3 Å². The molecule has 1 aromatic heterocycles. The number of carbonyl (C=O) groups excluding carboxylic acids is 1. The third-order valence-corrected chi connectivity index (χ3v) is 6.33. The highest BCUT2D eigenvalue weighted by molar-refractivity contribution is 8.15. The lowest BCUT2D eigenvalue weighted by molar-refractivity contribution is -0.118. The number of amidine groups is 1. The third-order valence-electron chi connectivity index (χ3n) is 4.27. The molecule has 2 heterocycles. The van der Waals surface area contributed by atoms with E-state index in [1.807, 2.05) is 24.3 Å². The highest BCUT2D eigenvalue weighted by atomic mass is 35.5. The van der Waals surface area contributed by atoms with Crippen molar-refractivity contribution in [3.63, 3.8) is 0 Å². The molecule has 30 heavy (non-hydrogen) atoms. The number of hydrogen-bond donors (Lipinski definition) is 1. The van der Waals surface area contributed by atoms with Gasteiger partial charge in [0.1, 0.15) is 11.5 Å². The zero-order valence-corrected chi connectivity index (χ0v) is 18.4. The number of thioether (sulfide) groups is 1. The first kappa shape index (κ1) is 21.0. The van der Waals surface area contributed by atoms with Crippen LogP contribution in [-0.4, -0.2) is 22.5 Å². The second-order valence-corrected chi connectivity index (χ2v) is 8.85. The zero-order chi connectivity index (χ0) is 21.1. The summed E-state index contributed by atoms with van der Waals surface area (Å²) in [6.07, 6.45) is 2.00. The maximum atomic E-state index is 12.2. The van der Waals surface area contributed by atoms with Crippen molar-refractivity contribution < 1.29 is 9.21 Å². The van der Waals surface area contributed by atoms with Gasteiger partial charge in [-0.05, 0) is 60.5 Å². The second kappa shape index (κ2) is 9.27. The van der Waals surface area contributed by atoms with E-state index in [9.17, 15) is 4.79 Å². The highest BCUT2D eigenvalue weighted by Gasteiger charge is 2.30. The van der Waals surface area contributed by atoms with E-state index in [0.717, 1.165) is 11.1 Å². The van der Waals surface area contributed by atoms with Crippen LogP contribution >= 0.6 is 46.6 Å². The molecule has 1 aliphatic rings. The van der Waals surface area contributed by atoms with Crippen molar-refractivity contribution in [3.05, 3.63) is 81.0 Å². The monoisotopic (exact) mass is 477 g/mol. The molecule has 0 saturated carbocycles. The van der Waals surface area contributed by atoms with Crippen LogP contribution in [-0.2, 0) is 11.2 Å². The molecule has 1 saturated heterocycles. The van der Waals surface area contributed by atoms with Gasteiger partial charge in [0.2, 0.25) is 5.91 Å². The smallest absolute Gasteiger partial charge is 0.239 e. The predicted octanol–water partition coefficient (Wildman–Crippen LogP) is 6.07. The molecular weight excluding hydrogens is 465 g/mol. The average molecular weight is 479 g/mol. The van der Waals surface area contributed by atoms with Crippen molar-refractivity contribution in [3.8, 4) is 11.3 Å². The second-order valence-electron chi connectivity index (χ2n) is 6.41. The van der Waals surface area contributed by atoms with Crippen molar-refractivity contribution in [2.75, 3.05) is 0 Å². The van der Waals surface area contributed by atoms with Crippen LogP contribution in [0.15, 0.2) is 69.2 Å². The molecule has 1 fully saturated rings. The van der Waals surface area contributed by atoms with Crippen molar-refractivity contribution in [2.24, 2.45) is 10.2 Å². The number of rotatable bonds is 5. The van der Waals surface area contributed by atoms with E-state index in [0.29, 0.717) is 38.2 Å². The number of hydrogen-bond acceptors (Lipinski definition) is 5. The van der Waals surface area contributed by atoms with Crippen LogP contribution in [0.3, 0.4) is 0 Å². The van der Waals surface area contributed by atoms with Crippen molar-refractivity contribution in [2.45, 2.75) is 11.7 Å². The topological polar surface area (TPSA) is 67.0 Å². The molecule has 0 radical (unpaired) electrons. The van der Waals surface area contributed by atoms with E-state index < -0.39 is 0 Å². The maximum Gasteiger partial charge on any atom is 0.239 e. The average Bonchev–Trinajstić information content (AvgIpc) is 3.32. The van der Waals surface area contributed by atoms with Crippen molar-refractivity contribution >= 4 is 63.9 Å². The number of amides is 1. The number of nitrogens with one attached hydrogen (secondary N) is 1. The van der Waals surface area contributed by atoms with Gasteiger partial charge in [0.25, 0.3) is 0 Å². The first-order chi connectivity index (χ1) is 14.5. The normalized spacial score (nSPS) is 17.8. The Labute approximate surface area is 192 Å². The van der Waals surface area contributed by atoms with Crippen LogP contribution in [0.2, 0.25) is 15.1 Å². The van der Waals surface area contributed by atoms with E-state index in [1.54, 1.807) is 30.3 Å². The summed E-state index contributed by atoms with van der Waals surface area (Å²) in [6.45, 7) is 0. The molecule has 0 spiro atoms. The number of nitrogens with zero attached hydrogens (tertiary/aromatic N) is 2. The molecule has 4 rings (SSSR count). The summed E-state index contributed by atoms with van der Waals surface area (Å²) in [7, 11) is 0. The molecule has 2 aromatic carbocycles. The Morgan fingerprint density at radius 1 is 1.03 bits per heavy atom. The van der Waals surface area contributed by atoms with Crippen LogP contribution in [0.25, 0.3) is 11.3 Å². The molecule has 3 aromatic rings. The van der Waals surface area contributed by atoms with Crippen LogP contribution in [0.4, 0.5) is 0 Å². The number of benzene rings is 2.